The largest absolute Gasteiger partial charge is 0.473 e. The third-order valence-electron chi connectivity index (χ3n) is 3.66. The number of aryl methyl sites for hydroxylation is 3. The topological polar surface area (TPSA) is 50.4 Å². The molecule has 2 aromatic carbocycles. The summed E-state index contributed by atoms with van der Waals surface area (Å²) in [6.45, 7) is 6.59. The molecule has 0 saturated heterocycles. The Morgan fingerprint density at radius 1 is 1.08 bits per heavy atom. The maximum Gasteiger partial charge on any atom is 0.317 e. The molecule has 0 unspecified atom stereocenters. The van der Waals surface area contributed by atoms with E-state index in [1.807, 2.05) is 32.0 Å². The van der Waals surface area contributed by atoms with Crippen molar-refractivity contribution in [3.05, 3.63) is 63.7 Å². The zero-order chi connectivity index (χ0) is 17.5. The summed E-state index contributed by atoms with van der Waals surface area (Å²) < 4.78 is 5.54. The molecule has 0 aliphatic rings. The van der Waals surface area contributed by atoms with Gasteiger partial charge in [0.25, 0.3) is 0 Å². The van der Waals surface area contributed by atoms with Crippen LogP contribution < -0.4 is 15.4 Å². The highest BCUT2D eigenvalue weighted by atomic mass is 35.5. The van der Waals surface area contributed by atoms with E-state index in [4.69, 9.17) is 16.3 Å². The predicted octanol–water partition coefficient (Wildman–Crippen LogP) is 4.14. The van der Waals surface area contributed by atoms with Crippen molar-refractivity contribution in [2.45, 2.75) is 27.2 Å². The van der Waals surface area contributed by atoms with Gasteiger partial charge in [0.1, 0.15) is 5.75 Å². The van der Waals surface area contributed by atoms with Crippen LogP contribution in [0.5, 0.6) is 5.75 Å². The number of benzene rings is 2. The van der Waals surface area contributed by atoms with Gasteiger partial charge in [-0.1, -0.05) is 41.4 Å². The molecular weight excluding hydrogens is 324 g/mol. The first-order valence-corrected chi connectivity index (χ1v) is 8.30. The maximum absolute atomic E-state index is 11.8. The van der Waals surface area contributed by atoms with Gasteiger partial charge in [-0.3, -0.25) is 0 Å². The Kier molecular flexibility index (Phi) is 6.50. The van der Waals surface area contributed by atoms with Crippen molar-refractivity contribution in [1.82, 2.24) is 10.6 Å². The van der Waals surface area contributed by atoms with Gasteiger partial charge < -0.3 is 15.4 Å². The molecule has 128 valence electrons. The highest BCUT2D eigenvalue weighted by Crippen LogP contribution is 2.25. The van der Waals surface area contributed by atoms with E-state index in [-0.39, 0.29) is 12.8 Å². The maximum atomic E-state index is 11.8. The van der Waals surface area contributed by atoms with Crippen LogP contribution in [0.3, 0.4) is 0 Å². The zero-order valence-corrected chi connectivity index (χ0v) is 15.0. The van der Waals surface area contributed by atoms with Crippen LogP contribution in [-0.4, -0.2) is 19.3 Å². The number of nitrogens with one attached hydrogen (secondary N) is 2. The van der Waals surface area contributed by atoms with E-state index in [0.717, 1.165) is 22.6 Å². The minimum atomic E-state index is -0.245. The second-order valence-electron chi connectivity index (χ2n) is 5.83. The zero-order valence-electron chi connectivity index (χ0n) is 14.3. The highest BCUT2D eigenvalue weighted by Gasteiger charge is 2.04. The Labute approximate surface area is 148 Å². The molecule has 0 radical (unpaired) electrons. The lowest BCUT2D eigenvalue weighted by molar-refractivity contribution is 0.224. The Morgan fingerprint density at radius 2 is 1.79 bits per heavy atom. The van der Waals surface area contributed by atoms with E-state index in [0.29, 0.717) is 12.3 Å². The Balaban J connectivity index is 1.70. The van der Waals surface area contributed by atoms with E-state index in [1.54, 1.807) is 0 Å². The van der Waals surface area contributed by atoms with Crippen LogP contribution in [0, 0.1) is 20.8 Å². The van der Waals surface area contributed by atoms with E-state index >= 15 is 0 Å². The van der Waals surface area contributed by atoms with Crippen LogP contribution in [0.25, 0.3) is 0 Å². The van der Waals surface area contributed by atoms with Gasteiger partial charge in [-0.05, 0) is 56.0 Å². The molecule has 2 aromatic rings. The molecule has 2 amide bonds. The standard InChI is InChI=1S/C19H23ClN2O2/c1-13-5-4-6-16(9-13)7-8-21-19(23)22-12-24-17-10-14(2)18(20)15(3)11-17/h4-6,9-11H,7-8,12H2,1-3H3,(H2,21,22,23). The minimum Gasteiger partial charge on any atom is -0.473 e. The van der Waals surface area contributed by atoms with Crippen molar-refractivity contribution in [3.63, 3.8) is 0 Å². The molecule has 4 nitrogen and oxygen atoms in total. The second-order valence-corrected chi connectivity index (χ2v) is 6.21. The SMILES string of the molecule is Cc1cccc(CCNC(=O)NCOc2cc(C)c(Cl)c(C)c2)c1. The molecule has 5 heteroatoms. The fourth-order valence-electron chi connectivity index (χ4n) is 2.42. The lowest BCUT2D eigenvalue weighted by Crippen LogP contribution is -2.38. The van der Waals surface area contributed by atoms with Gasteiger partial charge >= 0.3 is 6.03 Å². The van der Waals surface area contributed by atoms with Gasteiger partial charge in [0.2, 0.25) is 0 Å². The average Bonchev–Trinajstić information content (AvgIpc) is 2.52. The molecule has 0 spiro atoms. The van der Waals surface area contributed by atoms with Crippen molar-refractivity contribution in [3.8, 4) is 5.75 Å². The molecule has 0 bridgehead atoms. The molecule has 0 saturated carbocycles. The Bertz CT molecular complexity index is 693. The van der Waals surface area contributed by atoms with Crippen LogP contribution in [0.2, 0.25) is 5.02 Å². The molecule has 0 fully saturated rings. The summed E-state index contributed by atoms with van der Waals surface area (Å²) in [7, 11) is 0. The number of hydrogen-bond acceptors (Lipinski definition) is 2. The van der Waals surface area contributed by atoms with Crippen molar-refractivity contribution >= 4 is 17.6 Å². The number of urea groups is 1. The van der Waals surface area contributed by atoms with Gasteiger partial charge in [-0.25, -0.2) is 4.79 Å². The van der Waals surface area contributed by atoms with E-state index in [1.165, 1.54) is 11.1 Å². The molecule has 0 aliphatic carbocycles. The van der Waals surface area contributed by atoms with Gasteiger partial charge in [0.15, 0.2) is 6.73 Å². The number of carbonyl (C=O) groups is 1. The summed E-state index contributed by atoms with van der Waals surface area (Å²) in [5.74, 6) is 0.689. The summed E-state index contributed by atoms with van der Waals surface area (Å²) in [5.41, 5.74) is 4.33. The van der Waals surface area contributed by atoms with Crippen molar-refractivity contribution < 1.29 is 9.53 Å². The van der Waals surface area contributed by atoms with Crippen molar-refractivity contribution in [2.24, 2.45) is 0 Å². The first-order valence-electron chi connectivity index (χ1n) is 7.92. The van der Waals surface area contributed by atoms with Gasteiger partial charge in [-0.15, -0.1) is 0 Å². The monoisotopic (exact) mass is 346 g/mol. The Morgan fingerprint density at radius 3 is 2.46 bits per heavy atom. The third-order valence-corrected chi connectivity index (χ3v) is 4.26. The van der Waals surface area contributed by atoms with Crippen molar-refractivity contribution in [2.75, 3.05) is 13.3 Å². The number of amides is 2. The third kappa shape index (κ3) is 5.46. The van der Waals surface area contributed by atoms with Crippen LogP contribution in [0.15, 0.2) is 36.4 Å². The van der Waals surface area contributed by atoms with Crippen LogP contribution >= 0.6 is 11.6 Å². The number of ether oxygens (including phenoxy) is 1. The summed E-state index contributed by atoms with van der Waals surface area (Å²) in [6.07, 6.45) is 0.797. The molecule has 0 heterocycles. The Hall–Kier alpha value is -2.20. The van der Waals surface area contributed by atoms with Crippen LogP contribution in [-0.2, 0) is 6.42 Å². The van der Waals surface area contributed by atoms with Crippen molar-refractivity contribution in [1.29, 1.82) is 0 Å². The first-order chi connectivity index (χ1) is 11.5. The summed E-state index contributed by atoms with van der Waals surface area (Å²) in [4.78, 5) is 11.8. The lowest BCUT2D eigenvalue weighted by atomic mass is 10.1. The fourth-order valence-corrected chi connectivity index (χ4v) is 2.53. The minimum absolute atomic E-state index is 0.108. The van der Waals surface area contributed by atoms with E-state index in [9.17, 15) is 4.79 Å². The number of hydrogen-bond donors (Lipinski definition) is 2. The fraction of sp³-hybridized carbons (Fsp3) is 0.316. The molecule has 2 rings (SSSR count). The number of halogens is 1. The van der Waals surface area contributed by atoms with Gasteiger partial charge in [-0.2, -0.15) is 0 Å². The summed E-state index contributed by atoms with van der Waals surface area (Å²) in [6, 6.07) is 11.7. The van der Waals surface area contributed by atoms with E-state index in [2.05, 4.69) is 35.8 Å². The van der Waals surface area contributed by atoms with Gasteiger partial charge in [0, 0.05) is 11.6 Å². The average molecular weight is 347 g/mol. The molecule has 0 aromatic heterocycles. The first kappa shape index (κ1) is 18.1. The molecular formula is C19H23ClN2O2. The lowest BCUT2D eigenvalue weighted by Gasteiger charge is -2.11. The molecule has 2 N–H and O–H groups in total. The smallest absolute Gasteiger partial charge is 0.317 e. The quantitative estimate of drug-likeness (QED) is 0.772. The van der Waals surface area contributed by atoms with Crippen LogP contribution in [0.1, 0.15) is 22.3 Å². The molecule has 24 heavy (non-hydrogen) atoms. The molecule has 0 aliphatic heterocycles. The van der Waals surface area contributed by atoms with Crippen LogP contribution in [0.4, 0.5) is 4.79 Å². The molecule has 0 atom stereocenters. The predicted molar refractivity (Wildman–Crippen MR) is 97.8 cm³/mol. The highest BCUT2D eigenvalue weighted by molar-refractivity contribution is 6.32. The normalized spacial score (nSPS) is 10.3. The number of rotatable bonds is 6. The summed E-state index contributed by atoms with van der Waals surface area (Å²) in [5, 5.41) is 6.23. The van der Waals surface area contributed by atoms with E-state index < -0.39 is 0 Å². The summed E-state index contributed by atoms with van der Waals surface area (Å²) >= 11 is 6.12. The van der Waals surface area contributed by atoms with Gasteiger partial charge in [0.05, 0.1) is 0 Å². The second kappa shape index (κ2) is 8.60. The number of carbonyl (C=O) groups excluding carboxylic acids is 1.